The Bertz CT molecular complexity index is 794. The van der Waals surface area contributed by atoms with E-state index in [-0.39, 0.29) is 0 Å². The molecule has 3 aliphatic rings. The van der Waals surface area contributed by atoms with E-state index in [9.17, 15) is 0 Å². The lowest BCUT2D eigenvalue weighted by atomic mass is 9.66. The summed E-state index contributed by atoms with van der Waals surface area (Å²) in [6.07, 6.45) is 5.29. The summed E-state index contributed by atoms with van der Waals surface area (Å²) in [5.74, 6) is 0.890. The number of fused-ring (bicyclic) bond motifs is 1. The molecular weight excluding hydrogens is 268 g/mol. The molecule has 2 heteroatoms. The predicted octanol–water partition coefficient (Wildman–Crippen LogP) is 3.59. The summed E-state index contributed by atoms with van der Waals surface area (Å²) in [5, 5.41) is 0. The summed E-state index contributed by atoms with van der Waals surface area (Å²) in [7, 11) is 0. The monoisotopic (exact) mass is 285 g/mol. The zero-order valence-electron chi connectivity index (χ0n) is 12.3. The molecule has 0 radical (unpaired) electrons. The van der Waals surface area contributed by atoms with Crippen LogP contribution in [0, 0.1) is 0 Å². The van der Waals surface area contributed by atoms with E-state index < -0.39 is 0 Å². The Morgan fingerprint density at radius 2 is 1.68 bits per heavy atom. The Hall–Kier alpha value is -2.48. The highest BCUT2D eigenvalue weighted by atomic mass is 15.0. The Morgan fingerprint density at radius 1 is 0.864 bits per heavy atom. The number of pyridine rings is 2. The van der Waals surface area contributed by atoms with Gasteiger partial charge in [0.1, 0.15) is 0 Å². The average molecular weight is 285 g/mol. The van der Waals surface area contributed by atoms with Crippen molar-refractivity contribution in [3.8, 4) is 0 Å². The zero-order chi connectivity index (χ0) is 14.5. The molecule has 4 heterocycles. The second-order valence-electron chi connectivity index (χ2n) is 6.25. The van der Waals surface area contributed by atoms with Crippen LogP contribution in [0.4, 0.5) is 0 Å². The second kappa shape index (κ2) is 4.51. The topological polar surface area (TPSA) is 16.8 Å². The SMILES string of the molecule is c1ccc(C2CC3c4ccccc4C2c2cccc[n+]23)nc1. The van der Waals surface area contributed by atoms with Crippen molar-refractivity contribution < 1.29 is 4.57 Å². The average Bonchev–Trinajstić information content (AvgIpc) is 2.62. The normalized spacial score (nSPS) is 24.6. The van der Waals surface area contributed by atoms with Crippen molar-refractivity contribution in [2.24, 2.45) is 0 Å². The van der Waals surface area contributed by atoms with Crippen LogP contribution < -0.4 is 4.57 Å². The van der Waals surface area contributed by atoms with Crippen LogP contribution in [0.2, 0.25) is 0 Å². The van der Waals surface area contributed by atoms with E-state index in [2.05, 4.69) is 70.3 Å². The molecule has 0 fully saturated rings. The summed E-state index contributed by atoms with van der Waals surface area (Å²) in [4.78, 5) is 4.66. The molecule has 2 bridgehead atoms. The van der Waals surface area contributed by atoms with E-state index in [4.69, 9.17) is 0 Å². The number of nitrogens with zero attached hydrogens (tertiary/aromatic N) is 2. The lowest BCUT2D eigenvalue weighted by Crippen LogP contribution is -2.53. The molecule has 3 aromatic rings. The molecule has 1 aliphatic carbocycles. The number of hydrogen-bond acceptors (Lipinski definition) is 1. The fourth-order valence-corrected chi connectivity index (χ4v) is 4.35. The highest BCUT2D eigenvalue weighted by Gasteiger charge is 2.49. The molecule has 0 saturated heterocycles. The maximum absolute atomic E-state index is 4.66. The van der Waals surface area contributed by atoms with Crippen LogP contribution in [0.15, 0.2) is 73.1 Å². The molecule has 106 valence electrons. The maximum atomic E-state index is 4.66. The lowest BCUT2D eigenvalue weighted by molar-refractivity contribution is -0.731. The number of aromatic nitrogens is 2. The number of hydrogen-bond donors (Lipinski definition) is 0. The van der Waals surface area contributed by atoms with Crippen molar-refractivity contribution in [1.82, 2.24) is 4.98 Å². The van der Waals surface area contributed by atoms with Gasteiger partial charge < -0.3 is 0 Å². The highest BCUT2D eigenvalue weighted by molar-refractivity contribution is 5.44. The molecule has 2 nitrogen and oxygen atoms in total. The van der Waals surface area contributed by atoms with Gasteiger partial charge in [-0.05, 0) is 17.7 Å². The van der Waals surface area contributed by atoms with E-state index in [0.717, 1.165) is 6.42 Å². The molecule has 0 N–H and O–H groups in total. The Kier molecular flexibility index (Phi) is 2.48. The van der Waals surface area contributed by atoms with Gasteiger partial charge in [0.15, 0.2) is 17.9 Å². The first-order valence-corrected chi connectivity index (χ1v) is 7.93. The third kappa shape index (κ3) is 1.55. The van der Waals surface area contributed by atoms with Crippen LogP contribution in [0.25, 0.3) is 0 Å². The van der Waals surface area contributed by atoms with Crippen molar-refractivity contribution >= 4 is 0 Å². The summed E-state index contributed by atoms with van der Waals surface area (Å²) >= 11 is 0. The van der Waals surface area contributed by atoms with E-state index in [1.165, 1.54) is 22.5 Å². The third-order valence-electron chi connectivity index (χ3n) is 5.21. The van der Waals surface area contributed by atoms with Crippen LogP contribution in [-0.4, -0.2) is 4.98 Å². The molecule has 6 rings (SSSR count). The van der Waals surface area contributed by atoms with Crippen LogP contribution in [0.5, 0.6) is 0 Å². The summed E-state index contributed by atoms with van der Waals surface area (Å²) in [5.41, 5.74) is 5.62. The quantitative estimate of drug-likeness (QED) is 0.624. The minimum Gasteiger partial charge on any atom is -0.261 e. The standard InChI is InChI=1S/C20H17N2/c1-2-8-15-14(7-1)19-13-16(17-9-3-5-11-21-17)20(15)18-10-4-6-12-22(18)19/h1-12,16,19-20H,13H2/q+1. The Balaban J connectivity index is 1.76. The van der Waals surface area contributed by atoms with Gasteiger partial charge in [-0.25, -0.2) is 0 Å². The molecule has 3 unspecified atom stereocenters. The fraction of sp³-hybridized carbons (Fsp3) is 0.200. The molecule has 3 atom stereocenters. The van der Waals surface area contributed by atoms with Gasteiger partial charge in [0.25, 0.3) is 0 Å². The first kappa shape index (κ1) is 12.1. The van der Waals surface area contributed by atoms with E-state index >= 15 is 0 Å². The minimum absolute atomic E-state index is 0.414. The van der Waals surface area contributed by atoms with Gasteiger partial charge in [0, 0.05) is 41.9 Å². The molecular formula is C20H17N2+. The largest absolute Gasteiger partial charge is 0.261 e. The van der Waals surface area contributed by atoms with Gasteiger partial charge in [0.05, 0.1) is 5.92 Å². The first-order chi connectivity index (χ1) is 10.9. The van der Waals surface area contributed by atoms with E-state index in [1.807, 2.05) is 12.3 Å². The van der Waals surface area contributed by atoms with Crippen molar-refractivity contribution in [1.29, 1.82) is 0 Å². The summed E-state index contributed by atoms with van der Waals surface area (Å²) in [6, 6.07) is 22.2. The summed E-state index contributed by atoms with van der Waals surface area (Å²) in [6.45, 7) is 0. The number of benzene rings is 1. The lowest BCUT2D eigenvalue weighted by Gasteiger charge is -2.40. The number of rotatable bonds is 1. The molecule has 22 heavy (non-hydrogen) atoms. The minimum atomic E-state index is 0.414. The van der Waals surface area contributed by atoms with Crippen LogP contribution >= 0.6 is 0 Å². The van der Waals surface area contributed by atoms with Gasteiger partial charge in [-0.15, -0.1) is 0 Å². The first-order valence-electron chi connectivity index (χ1n) is 7.93. The molecule has 2 aromatic heterocycles. The van der Waals surface area contributed by atoms with Gasteiger partial charge in [-0.1, -0.05) is 36.4 Å². The smallest absolute Gasteiger partial charge is 0.190 e. The summed E-state index contributed by atoms with van der Waals surface area (Å²) < 4.78 is 2.46. The fourth-order valence-electron chi connectivity index (χ4n) is 4.35. The van der Waals surface area contributed by atoms with E-state index in [0.29, 0.717) is 17.9 Å². The van der Waals surface area contributed by atoms with Crippen LogP contribution in [0.1, 0.15) is 46.8 Å². The highest BCUT2D eigenvalue weighted by Crippen LogP contribution is 2.51. The van der Waals surface area contributed by atoms with Crippen molar-refractivity contribution in [3.63, 3.8) is 0 Å². The molecule has 0 saturated carbocycles. The molecule has 0 spiro atoms. The Labute approximate surface area is 130 Å². The van der Waals surface area contributed by atoms with Crippen LogP contribution in [-0.2, 0) is 0 Å². The predicted molar refractivity (Wildman–Crippen MR) is 84.7 cm³/mol. The van der Waals surface area contributed by atoms with Crippen molar-refractivity contribution in [2.75, 3.05) is 0 Å². The van der Waals surface area contributed by atoms with Crippen molar-refractivity contribution in [2.45, 2.75) is 24.3 Å². The van der Waals surface area contributed by atoms with Crippen LogP contribution in [0.3, 0.4) is 0 Å². The Morgan fingerprint density at radius 3 is 2.55 bits per heavy atom. The van der Waals surface area contributed by atoms with Gasteiger partial charge in [-0.3, -0.25) is 4.98 Å². The molecule has 2 aliphatic heterocycles. The zero-order valence-corrected chi connectivity index (χ0v) is 12.3. The van der Waals surface area contributed by atoms with E-state index in [1.54, 1.807) is 0 Å². The van der Waals surface area contributed by atoms with Gasteiger partial charge >= 0.3 is 0 Å². The third-order valence-corrected chi connectivity index (χ3v) is 5.21. The second-order valence-corrected chi connectivity index (χ2v) is 6.25. The molecule has 1 aromatic carbocycles. The molecule has 0 amide bonds. The van der Waals surface area contributed by atoms with Gasteiger partial charge in [0.2, 0.25) is 0 Å². The maximum Gasteiger partial charge on any atom is 0.190 e. The van der Waals surface area contributed by atoms with Crippen molar-refractivity contribution in [3.05, 3.63) is 95.6 Å². The van der Waals surface area contributed by atoms with Gasteiger partial charge in [-0.2, -0.15) is 4.57 Å².